The first-order valence-electron chi connectivity index (χ1n) is 8.41. The summed E-state index contributed by atoms with van der Waals surface area (Å²) in [6.07, 6.45) is 4.72. The van der Waals surface area contributed by atoms with Crippen molar-refractivity contribution >= 4 is 11.8 Å². The molecule has 2 aliphatic rings. The number of rotatable bonds is 4. The minimum atomic E-state index is -1.96. The van der Waals surface area contributed by atoms with Crippen molar-refractivity contribution in [3.63, 3.8) is 0 Å². The first-order chi connectivity index (χ1) is 9.84. The monoisotopic (exact) mass is 452 g/mol. The average Bonchev–Trinajstić information content (AvgIpc) is 3.03. The first-order valence-corrected chi connectivity index (χ1v) is 18.0. The molecule has 0 heterocycles. The van der Waals surface area contributed by atoms with Crippen LogP contribution in [-0.4, -0.2) is 11.8 Å². The third-order valence-electron chi connectivity index (χ3n) is 5.49. The molecule has 0 radical (unpaired) electrons. The molecule has 131 valence electrons. The van der Waals surface area contributed by atoms with Gasteiger partial charge >= 0.3 is 139 Å². The Morgan fingerprint density at radius 1 is 1.09 bits per heavy atom. The molecule has 1 N–H and O–H groups in total. The molecule has 0 aromatic rings. The maximum Gasteiger partial charge on any atom is -1.00 e. The molecule has 0 bridgehead atoms. The molecule has 6 heteroatoms. The molecule has 0 saturated heterocycles. The van der Waals surface area contributed by atoms with Gasteiger partial charge in [0, 0.05) is 0 Å². The van der Waals surface area contributed by atoms with Crippen LogP contribution in [0.1, 0.15) is 53.4 Å². The van der Waals surface area contributed by atoms with Gasteiger partial charge in [-0.25, -0.2) is 0 Å². The minimum Gasteiger partial charge on any atom is -1.00 e. The second-order valence-electron chi connectivity index (χ2n) is 7.11. The van der Waals surface area contributed by atoms with Crippen LogP contribution in [0.25, 0.3) is 0 Å². The van der Waals surface area contributed by atoms with Crippen molar-refractivity contribution in [3.05, 3.63) is 20.0 Å². The number of carbonyl (C=O) groups is 1. The quantitative estimate of drug-likeness (QED) is 0.493. The van der Waals surface area contributed by atoms with Gasteiger partial charge in [0.2, 0.25) is 0 Å². The van der Waals surface area contributed by atoms with Crippen LogP contribution in [0.2, 0.25) is 13.1 Å². The van der Waals surface area contributed by atoms with E-state index in [4.69, 9.17) is 0 Å². The van der Waals surface area contributed by atoms with Crippen molar-refractivity contribution < 1.29 is 50.8 Å². The summed E-state index contributed by atoms with van der Waals surface area (Å²) in [5.41, 5.74) is 4.54. The predicted octanol–water partition coefficient (Wildman–Crippen LogP) is -1.92. The van der Waals surface area contributed by atoms with Crippen molar-refractivity contribution in [2.75, 3.05) is 0 Å². The van der Waals surface area contributed by atoms with Crippen molar-refractivity contribution in [3.8, 4) is 0 Å². The Hall–Kier alpha value is 0.630. The Balaban J connectivity index is 0.00000242. The number of halogens is 2. The van der Waals surface area contributed by atoms with Gasteiger partial charge < -0.3 is 24.8 Å². The predicted molar refractivity (Wildman–Crippen MR) is 89.2 cm³/mol. The average molecular weight is 455 g/mol. The molecule has 1 unspecified atom stereocenters. The van der Waals surface area contributed by atoms with Crippen LogP contribution in [0.3, 0.4) is 0 Å². The fourth-order valence-corrected chi connectivity index (χ4v) is 19.6. The normalized spacial score (nSPS) is 21.4. The number of carbonyl (C=O) groups excluding carboxylic acids is 1. The number of allylic oxidation sites excluding steroid dienone is 4. The molecule has 1 amide bonds. The Morgan fingerprint density at radius 2 is 1.61 bits per heavy atom. The summed E-state index contributed by atoms with van der Waals surface area (Å²) in [5.74, 6) is 0.514. The van der Waals surface area contributed by atoms with E-state index in [-0.39, 0.29) is 24.8 Å². The summed E-state index contributed by atoms with van der Waals surface area (Å²) in [6, 6.07) is 0. The van der Waals surface area contributed by atoms with E-state index in [0.29, 0.717) is 17.7 Å². The van der Waals surface area contributed by atoms with E-state index >= 15 is 0 Å². The van der Waals surface area contributed by atoms with E-state index in [1.807, 2.05) is 0 Å². The molecule has 23 heavy (non-hydrogen) atoms. The molecule has 1 saturated carbocycles. The second-order valence-corrected chi connectivity index (χ2v) is 25.3. The number of nitrogens with one attached hydrogen (secondary N) is 1. The molecule has 1 fully saturated rings. The van der Waals surface area contributed by atoms with Gasteiger partial charge in [-0.15, -0.1) is 0 Å². The fourth-order valence-electron chi connectivity index (χ4n) is 3.74. The van der Waals surface area contributed by atoms with Crippen LogP contribution in [0.15, 0.2) is 20.0 Å². The molecule has 0 aromatic carbocycles. The van der Waals surface area contributed by atoms with Gasteiger partial charge in [0.05, 0.1) is 0 Å². The number of amides is 1. The van der Waals surface area contributed by atoms with E-state index in [2.05, 4.69) is 44.0 Å². The Kier molecular flexibility index (Phi) is 10.2. The van der Waals surface area contributed by atoms with Crippen LogP contribution in [0.5, 0.6) is 0 Å². The standard InChI is InChI=1S/C9H13.C6H11NO.C2H7Si.2ClH.Zr/c1-6-5-7(2)9(4)8(6)3;7-6(8)5-3-1-2-4-5;1-3-2;;;/h6H,1-4H3;5H,1-4H2,(H2,7,8);3H,1-2H3;2*1H;/q;;;;;+3/p-3. The van der Waals surface area contributed by atoms with Crippen LogP contribution in [0, 0.1) is 11.8 Å². The smallest absolute Gasteiger partial charge is 1.00 e. The van der Waals surface area contributed by atoms with E-state index in [0.717, 1.165) is 12.8 Å². The Morgan fingerprint density at radius 3 is 2.00 bits per heavy atom. The second kappa shape index (κ2) is 9.94. The molecular formula is C17H30Cl2NOSiZr. The van der Waals surface area contributed by atoms with Crippen molar-refractivity contribution in [1.29, 1.82) is 0 Å². The molecule has 2 aliphatic carbocycles. The molecule has 0 aliphatic heterocycles. The van der Waals surface area contributed by atoms with Gasteiger partial charge in [0.15, 0.2) is 0 Å². The van der Waals surface area contributed by atoms with E-state index in [1.54, 1.807) is 3.28 Å². The Labute approximate surface area is 163 Å². The summed E-state index contributed by atoms with van der Waals surface area (Å²) in [5, 5.41) is 0. The number of hydrogen-bond donors (Lipinski definition) is 1. The van der Waals surface area contributed by atoms with Crippen molar-refractivity contribution in [1.82, 2.24) is 3.26 Å². The van der Waals surface area contributed by atoms with Gasteiger partial charge in [0.25, 0.3) is 0 Å². The minimum absolute atomic E-state index is 0. The largest absolute Gasteiger partial charge is 1.00 e. The summed E-state index contributed by atoms with van der Waals surface area (Å²) in [4.78, 5) is 12.6. The van der Waals surface area contributed by atoms with Crippen LogP contribution >= 0.6 is 0 Å². The van der Waals surface area contributed by atoms with Crippen molar-refractivity contribution in [2.45, 2.75) is 66.5 Å². The van der Waals surface area contributed by atoms with Gasteiger partial charge in [-0.1, -0.05) is 0 Å². The molecule has 2 rings (SSSR count). The third kappa shape index (κ3) is 5.06. The number of hydrogen-bond acceptors (Lipinski definition) is 1. The maximum atomic E-state index is 12.6. The summed E-state index contributed by atoms with van der Waals surface area (Å²) in [6.45, 7) is 14.1. The summed E-state index contributed by atoms with van der Waals surface area (Å²) < 4.78 is 5.33. The molecule has 2 nitrogen and oxygen atoms in total. The van der Waals surface area contributed by atoms with E-state index in [1.165, 1.54) is 29.6 Å². The summed E-state index contributed by atoms with van der Waals surface area (Å²) >= 11 is -1.96. The van der Waals surface area contributed by atoms with Gasteiger partial charge in [-0.05, 0) is 0 Å². The zero-order valence-electron chi connectivity index (χ0n) is 15.2. The molecule has 1 atom stereocenters. The van der Waals surface area contributed by atoms with Crippen LogP contribution in [-0.2, 0) is 26.0 Å². The topological polar surface area (TPSA) is 29.1 Å². The first kappa shape index (κ1) is 23.6. The Bertz CT molecular complexity index is 499. The van der Waals surface area contributed by atoms with Crippen LogP contribution < -0.4 is 28.1 Å². The zero-order valence-corrected chi connectivity index (χ0v) is 20.3. The van der Waals surface area contributed by atoms with E-state index in [9.17, 15) is 4.79 Å². The maximum absolute atomic E-state index is 12.6. The molecule has 0 aromatic heterocycles. The zero-order chi connectivity index (χ0) is 15.7. The van der Waals surface area contributed by atoms with Crippen LogP contribution in [0.4, 0.5) is 0 Å². The van der Waals surface area contributed by atoms with Gasteiger partial charge in [-0.3, -0.25) is 0 Å². The van der Waals surface area contributed by atoms with Crippen molar-refractivity contribution in [2.24, 2.45) is 11.8 Å². The summed E-state index contributed by atoms with van der Waals surface area (Å²) in [7, 11) is 0. The van der Waals surface area contributed by atoms with Gasteiger partial charge in [0.1, 0.15) is 0 Å². The SMILES string of the molecule is CC1=C(C)C(C)[C]([Zr+2]([NH]C(=O)C2CCCC2)[SiH](C)C)=C1C.[Cl-].[Cl-]. The van der Waals surface area contributed by atoms with E-state index < -0.39 is 27.1 Å². The molecular weight excluding hydrogens is 424 g/mol. The fraction of sp³-hybridized carbons (Fsp3) is 0.706. The molecule has 0 spiro atoms. The van der Waals surface area contributed by atoms with Gasteiger partial charge in [-0.2, -0.15) is 0 Å². The third-order valence-corrected chi connectivity index (χ3v) is 22.5.